The Morgan fingerprint density at radius 3 is 2.55 bits per heavy atom. The number of hydrogen-bond acceptors (Lipinski definition) is 6. The number of aryl methyl sites for hydroxylation is 2. The summed E-state index contributed by atoms with van der Waals surface area (Å²) in [5.74, 6) is 0.680. The van der Waals surface area contributed by atoms with Gasteiger partial charge in [0.25, 0.3) is 0 Å². The third-order valence-electron chi connectivity index (χ3n) is 5.85. The number of ether oxygens (including phenoxy) is 1. The molecule has 0 atom stereocenters. The van der Waals surface area contributed by atoms with Gasteiger partial charge in [-0.1, -0.05) is 41.6 Å². The predicted octanol–water partition coefficient (Wildman–Crippen LogP) is 7.68. The van der Waals surface area contributed by atoms with Crippen molar-refractivity contribution in [1.29, 1.82) is 0 Å². The molecule has 0 aliphatic carbocycles. The molecule has 0 saturated heterocycles. The Balaban J connectivity index is 1.45. The fourth-order valence-electron chi connectivity index (χ4n) is 4.07. The lowest BCUT2D eigenvalue weighted by Gasteiger charge is -2.16. The topological polar surface area (TPSA) is 76.1 Å². The zero-order valence-electron chi connectivity index (χ0n) is 21.5. The molecule has 1 amide bonds. The molecule has 0 bridgehead atoms. The number of amides is 1. The Kier molecular flexibility index (Phi) is 7.56. The van der Waals surface area contributed by atoms with Crippen LogP contribution in [-0.4, -0.2) is 15.9 Å². The smallest absolute Gasteiger partial charge is 0.221 e. The SMILES string of the molecule is CC(=O)Nc1ccc(Sc2ccc(OCc3cccc(C)c3)cc2Nc2ccnc3nc(C)ccc23)cc1. The van der Waals surface area contributed by atoms with Gasteiger partial charge in [-0.15, -0.1) is 0 Å². The molecule has 0 aliphatic rings. The van der Waals surface area contributed by atoms with Crippen LogP contribution in [0.5, 0.6) is 5.75 Å². The number of carbonyl (C=O) groups excluding carboxylic acids is 1. The molecular formula is C31H28N4O2S. The van der Waals surface area contributed by atoms with Crippen LogP contribution < -0.4 is 15.4 Å². The van der Waals surface area contributed by atoms with Gasteiger partial charge < -0.3 is 15.4 Å². The van der Waals surface area contributed by atoms with E-state index in [2.05, 4.69) is 51.8 Å². The summed E-state index contributed by atoms with van der Waals surface area (Å²) in [6, 6.07) is 28.2. The summed E-state index contributed by atoms with van der Waals surface area (Å²) in [5, 5.41) is 7.36. The van der Waals surface area contributed by atoms with Gasteiger partial charge in [0.2, 0.25) is 5.91 Å². The number of anilines is 3. The molecular weight excluding hydrogens is 492 g/mol. The lowest BCUT2D eigenvalue weighted by atomic mass is 10.1. The second-order valence-corrected chi connectivity index (χ2v) is 10.2. The van der Waals surface area contributed by atoms with Crippen LogP contribution in [0.2, 0.25) is 0 Å². The highest BCUT2D eigenvalue weighted by Gasteiger charge is 2.11. The van der Waals surface area contributed by atoms with Crippen molar-refractivity contribution < 1.29 is 9.53 Å². The predicted molar refractivity (Wildman–Crippen MR) is 154 cm³/mol. The minimum atomic E-state index is -0.0904. The third kappa shape index (κ3) is 6.30. The maximum atomic E-state index is 11.4. The van der Waals surface area contributed by atoms with E-state index in [1.165, 1.54) is 12.5 Å². The van der Waals surface area contributed by atoms with E-state index >= 15 is 0 Å². The Labute approximate surface area is 226 Å². The summed E-state index contributed by atoms with van der Waals surface area (Å²) in [4.78, 5) is 22.5. The second-order valence-electron chi connectivity index (χ2n) is 9.05. The van der Waals surface area contributed by atoms with Gasteiger partial charge in [-0.3, -0.25) is 4.79 Å². The fraction of sp³-hybridized carbons (Fsp3) is 0.129. The number of nitrogens with zero attached hydrogens (tertiary/aromatic N) is 2. The average Bonchev–Trinajstić information content (AvgIpc) is 2.89. The molecule has 0 unspecified atom stereocenters. The van der Waals surface area contributed by atoms with Crippen LogP contribution in [0, 0.1) is 13.8 Å². The number of carbonyl (C=O) groups is 1. The maximum Gasteiger partial charge on any atom is 0.221 e. The van der Waals surface area contributed by atoms with Crippen molar-refractivity contribution in [2.24, 2.45) is 0 Å². The zero-order valence-corrected chi connectivity index (χ0v) is 22.3. The number of benzene rings is 3. The van der Waals surface area contributed by atoms with Gasteiger partial charge in [-0.25, -0.2) is 9.97 Å². The molecule has 0 saturated carbocycles. The molecule has 190 valence electrons. The molecule has 5 aromatic rings. The van der Waals surface area contributed by atoms with Crippen LogP contribution in [0.1, 0.15) is 23.7 Å². The van der Waals surface area contributed by atoms with E-state index in [-0.39, 0.29) is 5.91 Å². The van der Waals surface area contributed by atoms with E-state index in [9.17, 15) is 4.79 Å². The van der Waals surface area contributed by atoms with Gasteiger partial charge in [0.15, 0.2) is 5.65 Å². The fourth-order valence-corrected chi connectivity index (χ4v) is 4.95. The summed E-state index contributed by atoms with van der Waals surface area (Å²) < 4.78 is 6.17. The van der Waals surface area contributed by atoms with Crippen LogP contribution in [-0.2, 0) is 11.4 Å². The van der Waals surface area contributed by atoms with Crippen molar-refractivity contribution >= 4 is 45.8 Å². The third-order valence-corrected chi connectivity index (χ3v) is 6.94. The molecule has 7 heteroatoms. The summed E-state index contributed by atoms with van der Waals surface area (Å²) in [6.45, 7) is 6.03. The monoisotopic (exact) mass is 520 g/mol. The Hall–Kier alpha value is -4.36. The molecule has 2 N–H and O–H groups in total. The number of hydrogen-bond donors (Lipinski definition) is 2. The van der Waals surface area contributed by atoms with Crippen molar-refractivity contribution in [3.05, 3.63) is 108 Å². The van der Waals surface area contributed by atoms with Gasteiger partial charge in [-0.2, -0.15) is 0 Å². The van der Waals surface area contributed by atoms with Crippen molar-refractivity contribution in [3.8, 4) is 5.75 Å². The summed E-state index contributed by atoms with van der Waals surface area (Å²) in [6.07, 6.45) is 1.77. The number of rotatable bonds is 8. The van der Waals surface area contributed by atoms with E-state index in [0.717, 1.165) is 49.2 Å². The summed E-state index contributed by atoms with van der Waals surface area (Å²) >= 11 is 1.63. The number of pyridine rings is 2. The van der Waals surface area contributed by atoms with E-state index in [1.54, 1.807) is 18.0 Å². The van der Waals surface area contributed by atoms with Crippen LogP contribution >= 0.6 is 11.8 Å². The number of nitrogens with one attached hydrogen (secondary N) is 2. The highest BCUT2D eigenvalue weighted by Crippen LogP contribution is 2.38. The van der Waals surface area contributed by atoms with Crippen molar-refractivity contribution in [2.75, 3.05) is 10.6 Å². The van der Waals surface area contributed by atoms with E-state index in [0.29, 0.717) is 12.3 Å². The van der Waals surface area contributed by atoms with Crippen molar-refractivity contribution in [2.45, 2.75) is 37.2 Å². The molecule has 2 heterocycles. The summed E-state index contributed by atoms with van der Waals surface area (Å²) in [5.41, 5.74) is 6.55. The first kappa shape index (κ1) is 25.3. The molecule has 0 aliphatic heterocycles. The molecule has 5 rings (SSSR count). The second kappa shape index (κ2) is 11.4. The van der Waals surface area contributed by atoms with Crippen LogP contribution in [0.3, 0.4) is 0 Å². The van der Waals surface area contributed by atoms with Crippen LogP contribution in [0.15, 0.2) is 101 Å². The Bertz CT molecular complexity index is 1600. The first-order valence-electron chi connectivity index (χ1n) is 12.3. The van der Waals surface area contributed by atoms with Crippen LogP contribution in [0.25, 0.3) is 11.0 Å². The largest absolute Gasteiger partial charge is 0.489 e. The quantitative estimate of drug-likeness (QED) is 0.219. The molecule has 0 radical (unpaired) electrons. The van der Waals surface area contributed by atoms with E-state index in [1.807, 2.05) is 67.6 Å². The standard InChI is InChI=1S/C31H28N4O2S/c1-20-5-4-6-23(17-20)19-37-25-10-14-30(38-26-11-8-24(9-12-26)34-22(3)36)29(18-25)35-28-15-16-32-31-27(28)13-7-21(2)33-31/h4-18H,19H2,1-3H3,(H,34,36)(H,32,33,35). The molecule has 38 heavy (non-hydrogen) atoms. The van der Waals surface area contributed by atoms with Gasteiger partial charge >= 0.3 is 0 Å². The highest BCUT2D eigenvalue weighted by molar-refractivity contribution is 7.99. The Morgan fingerprint density at radius 1 is 0.921 bits per heavy atom. The van der Waals surface area contributed by atoms with Gasteiger partial charge in [0, 0.05) is 45.7 Å². The molecule has 3 aromatic carbocycles. The number of fused-ring (bicyclic) bond motifs is 1. The maximum absolute atomic E-state index is 11.4. The lowest BCUT2D eigenvalue weighted by molar-refractivity contribution is -0.114. The first-order chi connectivity index (χ1) is 18.4. The molecule has 0 fully saturated rings. The van der Waals surface area contributed by atoms with Crippen molar-refractivity contribution in [3.63, 3.8) is 0 Å². The highest BCUT2D eigenvalue weighted by atomic mass is 32.2. The average molecular weight is 521 g/mol. The first-order valence-corrected chi connectivity index (χ1v) is 13.1. The van der Waals surface area contributed by atoms with E-state index in [4.69, 9.17) is 4.74 Å². The Morgan fingerprint density at radius 2 is 1.76 bits per heavy atom. The minimum absolute atomic E-state index is 0.0904. The minimum Gasteiger partial charge on any atom is -0.489 e. The molecule has 2 aromatic heterocycles. The normalized spacial score (nSPS) is 10.8. The number of aromatic nitrogens is 2. The van der Waals surface area contributed by atoms with Crippen molar-refractivity contribution in [1.82, 2.24) is 9.97 Å². The zero-order chi connectivity index (χ0) is 26.5. The van der Waals surface area contributed by atoms with Gasteiger partial charge in [0.1, 0.15) is 12.4 Å². The lowest BCUT2D eigenvalue weighted by Crippen LogP contribution is -2.05. The molecule has 6 nitrogen and oxygen atoms in total. The summed E-state index contributed by atoms with van der Waals surface area (Å²) in [7, 11) is 0. The van der Waals surface area contributed by atoms with E-state index < -0.39 is 0 Å². The van der Waals surface area contributed by atoms with Crippen LogP contribution in [0.4, 0.5) is 17.1 Å². The molecule has 0 spiro atoms. The van der Waals surface area contributed by atoms with Gasteiger partial charge in [-0.05, 0) is 74.0 Å². The van der Waals surface area contributed by atoms with Gasteiger partial charge in [0.05, 0.1) is 11.4 Å².